The minimum Gasteiger partial charge on any atom is -0.469 e. The molecule has 104 valence electrons. The third-order valence-corrected chi connectivity index (χ3v) is 3.58. The van der Waals surface area contributed by atoms with E-state index in [9.17, 15) is 9.59 Å². The maximum atomic E-state index is 11.7. The molecule has 0 saturated carbocycles. The summed E-state index contributed by atoms with van der Waals surface area (Å²) >= 11 is 7.39. The van der Waals surface area contributed by atoms with E-state index >= 15 is 0 Å². The first-order valence-electron chi connectivity index (χ1n) is 5.73. The van der Waals surface area contributed by atoms with Gasteiger partial charge in [0.05, 0.1) is 30.0 Å². The van der Waals surface area contributed by atoms with Crippen LogP contribution in [0, 0.1) is 6.92 Å². The van der Waals surface area contributed by atoms with Crippen LogP contribution in [0.15, 0.2) is 18.2 Å². The number of hydrogen-bond acceptors (Lipinski definition) is 4. The lowest BCUT2D eigenvalue weighted by Gasteiger charge is -2.07. The van der Waals surface area contributed by atoms with E-state index in [-0.39, 0.29) is 17.6 Å². The van der Waals surface area contributed by atoms with Crippen LogP contribution in [0.2, 0.25) is 5.02 Å². The fraction of sp³-hybridized carbons (Fsp3) is 0.385. The molecule has 0 unspecified atom stereocenters. The highest BCUT2D eigenvalue weighted by Gasteiger charge is 2.07. The number of methoxy groups -OCH3 is 1. The maximum Gasteiger partial charge on any atom is 0.306 e. The average molecular weight is 302 g/mol. The Bertz CT molecular complexity index is 465. The van der Waals surface area contributed by atoms with Crippen LogP contribution in [0.4, 0.5) is 5.69 Å². The molecule has 0 aromatic heterocycles. The second-order valence-corrected chi connectivity index (χ2v) is 5.42. The number of rotatable bonds is 6. The molecule has 1 rings (SSSR count). The number of thioether (sulfide) groups is 1. The number of halogens is 1. The largest absolute Gasteiger partial charge is 0.469 e. The Kier molecular flexibility index (Phi) is 6.73. The molecule has 0 spiro atoms. The molecule has 0 atom stereocenters. The van der Waals surface area contributed by atoms with Crippen molar-refractivity contribution in [2.24, 2.45) is 0 Å². The lowest BCUT2D eigenvalue weighted by atomic mass is 10.2. The van der Waals surface area contributed by atoms with Crippen molar-refractivity contribution in [2.75, 3.05) is 23.9 Å². The number of hydrogen-bond donors (Lipinski definition) is 1. The van der Waals surface area contributed by atoms with Crippen molar-refractivity contribution in [3.8, 4) is 0 Å². The molecule has 1 aromatic carbocycles. The summed E-state index contributed by atoms with van der Waals surface area (Å²) < 4.78 is 4.51. The molecule has 1 N–H and O–H groups in total. The van der Waals surface area contributed by atoms with Gasteiger partial charge in [-0.3, -0.25) is 9.59 Å². The SMILES string of the molecule is COC(=O)CCSCC(=O)Nc1ccc(C)cc1Cl. The lowest BCUT2D eigenvalue weighted by molar-refractivity contribution is -0.140. The van der Waals surface area contributed by atoms with Crippen LogP contribution >= 0.6 is 23.4 Å². The number of ether oxygens (including phenoxy) is 1. The molecule has 1 aromatic rings. The van der Waals surface area contributed by atoms with Gasteiger partial charge in [0, 0.05) is 5.75 Å². The first-order chi connectivity index (χ1) is 9.02. The second-order valence-electron chi connectivity index (χ2n) is 3.91. The van der Waals surface area contributed by atoms with E-state index in [1.165, 1.54) is 18.9 Å². The monoisotopic (exact) mass is 301 g/mol. The van der Waals surface area contributed by atoms with Gasteiger partial charge in [-0.2, -0.15) is 11.8 Å². The smallest absolute Gasteiger partial charge is 0.306 e. The molecule has 0 saturated heterocycles. The van der Waals surface area contributed by atoms with Gasteiger partial charge in [0.1, 0.15) is 0 Å². The molecule has 19 heavy (non-hydrogen) atoms. The summed E-state index contributed by atoms with van der Waals surface area (Å²) in [6.45, 7) is 1.93. The highest BCUT2D eigenvalue weighted by molar-refractivity contribution is 7.99. The van der Waals surface area contributed by atoms with Crippen LogP contribution in [0.25, 0.3) is 0 Å². The van der Waals surface area contributed by atoms with Crippen molar-refractivity contribution in [3.05, 3.63) is 28.8 Å². The normalized spacial score (nSPS) is 10.1. The van der Waals surface area contributed by atoms with E-state index in [1.54, 1.807) is 12.1 Å². The van der Waals surface area contributed by atoms with Crippen LogP contribution in [-0.4, -0.2) is 30.5 Å². The van der Waals surface area contributed by atoms with Gasteiger partial charge in [-0.25, -0.2) is 0 Å². The van der Waals surface area contributed by atoms with Gasteiger partial charge in [-0.05, 0) is 24.6 Å². The Labute approximate surface area is 121 Å². The van der Waals surface area contributed by atoms with Gasteiger partial charge in [0.25, 0.3) is 0 Å². The molecular formula is C13H16ClNO3S. The topological polar surface area (TPSA) is 55.4 Å². The van der Waals surface area contributed by atoms with Gasteiger partial charge < -0.3 is 10.1 Å². The fourth-order valence-corrected chi connectivity index (χ4v) is 2.33. The minimum atomic E-state index is -0.269. The van der Waals surface area contributed by atoms with Gasteiger partial charge in [0.2, 0.25) is 5.91 Å². The standard InChI is InChI=1S/C13H16ClNO3S/c1-9-3-4-11(10(14)7-9)15-12(16)8-19-6-5-13(17)18-2/h3-4,7H,5-6,8H2,1-2H3,(H,15,16). The molecule has 0 fully saturated rings. The molecule has 0 bridgehead atoms. The molecule has 4 nitrogen and oxygen atoms in total. The average Bonchev–Trinajstić information content (AvgIpc) is 2.37. The number of benzene rings is 1. The Morgan fingerprint density at radius 1 is 1.42 bits per heavy atom. The lowest BCUT2D eigenvalue weighted by Crippen LogP contribution is -2.15. The molecular weight excluding hydrogens is 286 g/mol. The summed E-state index contributed by atoms with van der Waals surface area (Å²) in [5.41, 5.74) is 1.64. The third-order valence-electron chi connectivity index (χ3n) is 2.31. The predicted molar refractivity (Wildman–Crippen MR) is 78.8 cm³/mol. The number of esters is 1. The number of anilines is 1. The van der Waals surface area contributed by atoms with Gasteiger partial charge in [-0.15, -0.1) is 0 Å². The summed E-state index contributed by atoms with van der Waals surface area (Å²) in [5.74, 6) is 0.429. The zero-order valence-corrected chi connectivity index (χ0v) is 12.4. The van der Waals surface area contributed by atoms with Gasteiger partial charge in [-0.1, -0.05) is 17.7 Å². The maximum absolute atomic E-state index is 11.7. The van der Waals surface area contributed by atoms with Crippen molar-refractivity contribution >= 4 is 40.9 Å². The summed E-state index contributed by atoms with van der Waals surface area (Å²) in [6.07, 6.45) is 0.305. The summed E-state index contributed by atoms with van der Waals surface area (Å²) in [5, 5.41) is 3.25. The number of amides is 1. The molecule has 0 radical (unpaired) electrons. The Hall–Kier alpha value is -1.20. The highest BCUT2D eigenvalue weighted by atomic mass is 35.5. The van der Waals surface area contributed by atoms with E-state index in [0.29, 0.717) is 22.9 Å². The first kappa shape index (κ1) is 15.9. The minimum absolute atomic E-state index is 0.138. The Balaban J connectivity index is 2.33. The summed E-state index contributed by atoms with van der Waals surface area (Å²) in [7, 11) is 1.35. The fourth-order valence-electron chi connectivity index (χ4n) is 1.33. The van der Waals surface area contributed by atoms with Crippen LogP contribution in [0.3, 0.4) is 0 Å². The van der Waals surface area contributed by atoms with Crippen LogP contribution in [0.1, 0.15) is 12.0 Å². The van der Waals surface area contributed by atoms with Crippen LogP contribution in [-0.2, 0) is 14.3 Å². The predicted octanol–water partition coefficient (Wildman–Crippen LogP) is 2.88. The van der Waals surface area contributed by atoms with Gasteiger partial charge >= 0.3 is 5.97 Å². The Morgan fingerprint density at radius 2 is 2.16 bits per heavy atom. The van der Waals surface area contributed by atoms with Crippen molar-refractivity contribution < 1.29 is 14.3 Å². The Morgan fingerprint density at radius 3 is 2.79 bits per heavy atom. The number of carbonyl (C=O) groups excluding carboxylic acids is 2. The second kappa shape index (κ2) is 8.07. The van der Waals surface area contributed by atoms with E-state index in [0.717, 1.165) is 5.56 Å². The zero-order valence-electron chi connectivity index (χ0n) is 10.9. The quantitative estimate of drug-likeness (QED) is 0.648. The molecule has 6 heteroatoms. The number of aryl methyl sites for hydroxylation is 1. The molecule has 0 aliphatic heterocycles. The molecule has 0 heterocycles. The van der Waals surface area contributed by atoms with E-state index < -0.39 is 0 Å². The van der Waals surface area contributed by atoms with Crippen molar-refractivity contribution in [2.45, 2.75) is 13.3 Å². The highest BCUT2D eigenvalue weighted by Crippen LogP contribution is 2.22. The third kappa shape index (κ3) is 5.98. The molecule has 1 amide bonds. The van der Waals surface area contributed by atoms with E-state index in [4.69, 9.17) is 11.6 Å². The van der Waals surface area contributed by atoms with E-state index in [2.05, 4.69) is 10.1 Å². The van der Waals surface area contributed by atoms with Gasteiger partial charge in [0.15, 0.2) is 0 Å². The molecule has 0 aliphatic rings. The van der Waals surface area contributed by atoms with Crippen LogP contribution in [0.5, 0.6) is 0 Å². The van der Waals surface area contributed by atoms with Crippen LogP contribution < -0.4 is 5.32 Å². The molecule has 0 aliphatic carbocycles. The first-order valence-corrected chi connectivity index (χ1v) is 7.26. The number of carbonyl (C=O) groups is 2. The zero-order chi connectivity index (χ0) is 14.3. The summed E-state index contributed by atoms with van der Waals surface area (Å²) in [4.78, 5) is 22.5. The van der Waals surface area contributed by atoms with Crippen molar-refractivity contribution in [3.63, 3.8) is 0 Å². The summed E-state index contributed by atoms with van der Waals surface area (Å²) in [6, 6.07) is 5.45. The van der Waals surface area contributed by atoms with E-state index in [1.807, 2.05) is 13.0 Å². The van der Waals surface area contributed by atoms with Crippen molar-refractivity contribution in [1.82, 2.24) is 0 Å². The van der Waals surface area contributed by atoms with Crippen molar-refractivity contribution in [1.29, 1.82) is 0 Å². The number of nitrogens with one attached hydrogen (secondary N) is 1.